The first-order chi connectivity index (χ1) is 14.3. The summed E-state index contributed by atoms with van der Waals surface area (Å²) in [5.41, 5.74) is 1.51. The maximum absolute atomic E-state index is 12.5. The van der Waals surface area contributed by atoms with Gasteiger partial charge in [0.25, 0.3) is 11.8 Å². The van der Waals surface area contributed by atoms with Crippen molar-refractivity contribution >= 4 is 28.2 Å². The highest BCUT2D eigenvalue weighted by atomic mass is 32.2. The van der Waals surface area contributed by atoms with E-state index in [9.17, 15) is 22.8 Å². The van der Waals surface area contributed by atoms with Crippen LogP contribution in [-0.4, -0.2) is 47.8 Å². The second kappa shape index (κ2) is 8.93. The van der Waals surface area contributed by atoms with Gasteiger partial charge in [-0.25, -0.2) is 9.10 Å². The van der Waals surface area contributed by atoms with E-state index in [-0.39, 0.29) is 29.6 Å². The molecule has 10 nitrogen and oxygen atoms in total. The zero-order valence-electron chi connectivity index (χ0n) is 15.6. The van der Waals surface area contributed by atoms with Crippen LogP contribution in [-0.2, 0) is 33.0 Å². The molecule has 0 saturated carbocycles. The first-order valence-corrected chi connectivity index (χ1v) is 10.3. The van der Waals surface area contributed by atoms with Crippen molar-refractivity contribution in [3.05, 3.63) is 71.3 Å². The van der Waals surface area contributed by atoms with Crippen LogP contribution in [0, 0.1) is 0 Å². The van der Waals surface area contributed by atoms with Crippen molar-refractivity contribution in [2.24, 2.45) is 0 Å². The molecule has 0 radical (unpaired) electrons. The standard InChI is InChI=1S/C19H19N3O7S/c23-17(21-16-11-22(18(16)24)30(26,27)28)15-9-5-4-8-14(15)10-20-19(25)29-12-13-6-2-1-3-7-13/h1-9,16H,10-12H2,(H,20,25)(H,21,23)(H,26,27,28)/t16-/m0/s1. The number of alkyl carbamates (subject to hydrolysis) is 1. The van der Waals surface area contributed by atoms with Crippen LogP contribution in [0.3, 0.4) is 0 Å². The molecule has 2 aromatic rings. The number of carbonyl (C=O) groups is 3. The Balaban J connectivity index is 1.54. The minimum absolute atomic E-state index is 0.00692. The predicted molar refractivity (Wildman–Crippen MR) is 104 cm³/mol. The third-order valence-electron chi connectivity index (χ3n) is 4.37. The molecule has 0 spiro atoms. The summed E-state index contributed by atoms with van der Waals surface area (Å²) in [4.78, 5) is 36.2. The summed E-state index contributed by atoms with van der Waals surface area (Å²) in [6, 6.07) is 14.5. The van der Waals surface area contributed by atoms with E-state index in [0.29, 0.717) is 5.56 Å². The molecule has 1 aliphatic heterocycles. The number of nitrogens with zero attached hydrogens (tertiary/aromatic N) is 1. The number of amides is 3. The third-order valence-corrected chi connectivity index (χ3v) is 5.26. The first-order valence-electron chi connectivity index (χ1n) is 8.88. The Labute approximate surface area is 172 Å². The number of benzene rings is 2. The monoisotopic (exact) mass is 433 g/mol. The van der Waals surface area contributed by atoms with E-state index < -0.39 is 34.3 Å². The van der Waals surface area contributed by atoms with Crippen molar-refractivity contribution in [2.45, 2.75) is 19.2 Å². The molecule has 0 aromatic heterocycles. The zero-order valence-corrected chi connectivity index (χ0v) is 16.5. The predicted octanol–water partition coefficient (Wildman–Crippen LogP) is 0.856. The van der Waals surface area contributed by atoms with Crippen molar-refractivity contribution < 1.29 is 32.1 Å². The van der Waals surface area contributed by atoms with E-state index in [4.69, 9.17) is 9.29 Å². The van der Waals surface area contributed by atoms with Crippen LogP contribution in [0.15, 0.2) is 54.6 Å². The van der Waals surface area contributed by atoms with Gasteiger partial charge in [-0.15, -0.1) is 0 Å². The van der Waals surface area contributed by atoms with Gasteiger partial charge in [0.05, 0.1) is 6.54 Å². The highest BCUT2D eigenvalue weighted by molar-refractivity contribution is 7.84. The number of β-lactam (4-membered cyclic amide) rings is 1. The number of hydrogen-bond donors (Lipinski definition) is 3. The summed E-state index contributed by atoms with van der Waals surface area (Å²) >= 11 is 0. The van der Waals surface area contributed by atoms with Crippen molar-refractivity contribution in [1.29, 1.82) is 0 Å². The first kappa shape index (κ1) is 21.3. The van der Waals surface area contributed by atoms with Gasteiger partial charge in [0.15, 0.2) is 0 Å². The Bertz CT molecular complexity index is 1060. The molecule has 1 fully saturated rings. The molecule has 158 valence electrons. The summed E-state index contributed by atoms with van der Waals surface area (Å²) in [5, 5.41) is 4.96. The molecule has 3 amide bonds. The van der Waals surface area contributed by atoms with Crippen LogP contribution in [0.2, 0.25) is 0 Å². The van der Waals surface area contributed by atoms with E-state index in [2.05, 4.69) is 10.6 Å². The molecule has 1 heterocycles. The summed E-state index contributed by atoms with van der Waals surface area (Å²) in [5.74, 6) is -1.54. The maximum atomic E-state index is 12.5. The molecular weight excluding hydrogens is 414 g/mol. The Morgan fingerprint density at radius 3 is 2.43 bits per heavy atom. The van der Waals surface area contributed by atoms with E-state index in [1.54, 1.807) is 18.2 Å². The lowest BCUT2D eigenvalue weighted by atomic mass is 10.1. The summed E-state index contributed by atoms with van der Waals surface area (Å²) in [7, 11) is -4.63. The van der Waals surface area contributed by atoms with E-state index in [0.717, 1.165) is 5.56 Å². The lowest BCUT2D eigenvalue weighted by molar-refractivity contribution is -0.136. The average Bonchev–Trinajstić information content (AvgIpc) is 2.73. The molecule has 0 bridgehead atoms. The maximum Gasteiger partial charge on any atom is 0.407 e. The molecule has 3 rings (SSSR count). The van der Waals surface area contributed by atoms with Crippen LogP contribution in [0.25, 0.3) is 0 Å². The zero-order chi connectivity index (χ0) is 21.7. The average molecular weight is 433 g/mol. The number of nitrogens with one attached hydrogen (secondary N) is 2. The molecule has 0 unspecified atom stereocenters. The second-order valence-electron chi connectivity index (χ2n) is 6.45. The van der Waals surface area contributed by atoms with Crippen molar-refractivity contribution in [3.8, 4) is 0 Å². The van der Waals surface area contributed by atoms with E-state index in [1.807, 2.05) is 30.3 Å². The van der Waals surface area contributed by atoms with Crippen molar-refractivity contribution in [1.82, 2.24) is 14.9 Å². The fourth-order valence-electron chi connectivity index (χ4n) is 2.78. The van der Waals surface area contributed by atoms with Gasteiger partial charge in [0, 0.05) is 12.1 Å². The van der Waals surface area contributed by atoms with Gasteiger partial charge in [-0.05, 0) is 17.2 Å². The highest BCUT2D eigenvalue weighted by Gasteiger charge is 2.44. The van der Waals surface area contributed by atoms with Crippen LogP contribution >= 0.6 is 0 Å². The lowest BCUT2D eigenvalue weighted by Gasteiger charge is -2.35. The van der Waals surface area contributed by atoms with Gasteiger partial charge in [-0.1, -0.05) is 48.5 Å². The summed E-state index contributed by atoms with van der Waals surface area (Å²) in [6.45, 7) is -0.245. The Kier molecular flexibility index (Phi) is 6.33. The molecule has 30 heavy (non-hydrogen) atoms. The van der Waals surface area contributed by atoms with E-state index in [1.165, 1.54) is 6.07 Å². The van der Waals surface area contributed by atoms with Crippen molar-refractivity contribution in [3.63, 3.8) is 0 Å². The molecule has 0 aliphatic carbocycles. The van der Waals surface area contributed by atoms with Crippen LogP contribution < -0.4 is 10.6 Å². The van der Waals surface area contributed by atoms with Crippen LogP contribution in [0.4, 0.5) is 4.79 Å². The Morgan fingerprint density at radius 2 is 1.77 bits per heavy atom. The van der Waals surface area contributed by atoms with Gasteiger partial charge in [0.1, 0.15) is 12.6 Å². The molecule has 2 aromatic carbocycles. The molecule has 3 N–H and O–H groups in total. The quantitative estimate of drug-likeness (QED) is 0.434. The fraction of sp³-hybridized carbons (Fsp3) is 0.211. The highest BCUT2D eigenvalue weighted by Crippen LogP contribution is 2.16. The molecular formula is C19H19N3O7S. The third kappa shape index (κ3) is 5.13. The Hall–Kier alpha value is -3.44. The number of hydrogen-bond acceptors (Lipinski definition) is 6. The summed E-state index contributed by atoms with van der Waals surface area (Å²) < 4.78 is 36.2. The normalized spacial score (nSPS) is 15.8. The molecule has 11 heteroatoms. The minimum atomic E-state index is -4.63. The smallest absolute Gasteiger partial charge is 0.407 e. The van der Waals surface area contributed by atoms with Gasteiger partial charge >= 0.3 is 16.4 Å². The second-order valence-corrected chi connectivity index (χ2v) is 7.78. The lowest BCUT2D eigenvalue weighted by Crippen LogP contribution is -2.65. The fourth-order valence-corrected chi connectivity index (χ4v) is 3.48. The van der Waals surface area contributed by atoms with Crippen LogP contribution in [0.5, 0.6) is 0 Å². The minimum Gasteiger partial charge on any atom is -0.445 e. The SMILES string of the molecule is O=C(NCc1ccccc1C(=O)N[C@H]1CN(S(=O)(=O)O)C1=O)OCc1ccccc1. The number of rotatable bonds is 7. The van der Waals surface area contributed by atoms with Crippen molar-refractivity contribution in [2.75, 3.05) is 6.54 Å². The summed E-state index contributed by atoms with van der Waals surface area (Å²) in [6.07, 6.45) is -0.660. The van der Waals surface area contributed by atoms with Gasteiger partial charge in [-0.3, -0.25) is 14.1 Å². The van der Waals surface area contributed by atoms with E-state index >= 15 is 0 Å². The van der Waals surface area contributed by atoms with Crippen LogP contribution in [0.1, 0.15) is 21.5 Å². The van der Waals surface area contributed by atoms with Gasteiger partial charge in [-0.2, -0.15) is 8.42 Å². The largest absolute Gasteiger partial charge is 0.445 e. The molecule has 1 saturated heterocycles. The number of carbonyl (C=O) groups excluding carboxylic acids is 3. The van der Waals surface area contributed by atoms with Gasteiger partial charge < -0.3 is 15.4 Å². The topological polar surface area (TPSA) is 142 Å². The molecule has 1 aliphatic rings. The number of ether oxygens (including phenoxy) is 1. The Morgan fingerprint density at radius 1 is 1.10 bits per heavy atom. The van der Waals surface area contributed by atoms with Gasteiger partial charge in [0.2, 0.25) is 0 Å². The molecule has 1 atom stereocenters.